The van der Waals surface area contributed by atoms with Gasteiger partial charge in [0.1, 0.15) is 4.90 Å². The summed E-state index contributed by atoms with van der Waals surface area (Å²) in [6.07, 6.45) is 2.94. The molecule has 2 unspecified atom stereocenters. The molecule has 1 aromatic carbocycles. The number of hydrogen-bond acceptors (Lipinski definition) is 5. The molecule has 106 valence electrons. The molecule has 2 atom stereocenters. The van der Waals surface area contributed by atoms with Gasteiger partial charge in [-0.2, -0.15) is 0 Å². The minimum Gasteiger partial charge on any atom is -0.396 e. The van der Waals surface area contributed by atoms with Crippen LogP contribution in [0.3, 0.4) is 0 Å². The zero-order chi connectivity index (χ0) is 14.0. The highest BCUT2D eigenvalue weighted by Gasteiger charge is 2.27. The van der Waals surface area contributed by atoms with Gasteiger partial charge in [0.25, 0.3) is 0 Å². The number of rotatable bonds is 4. The Morgan fingerprint density at radius 2 is 2.11 bits per heavy atom. The molecule has 1 aliphatic rings. The molecular formula is C12H19N3O3S. The van der Waals surface area contributed by atoms with Gasteiger partial charge in [-0.15, -0.1) is 0 Å². The number of nitrogens with one attached hydrogen (secondary N) is 1. The van der Waals surface area contributed by atoms with Crippen LogP contribution in [0.25, 0.3) is 0 Å². The second kappa shape index (κ2) is 5.36. The third-order valence-electron chi connectivity index (χ3n) is 3.61. The van der Waals surface area contributed by atoms with Crippen LogP contribution in [0, 0.1) is 5.92 Å². The van der Waals surface area contributed by atoms with Crippen LogP contribution in [-0.2, 0) is 10.0 Å². The third-order valence-corrected chi connectivity index (χ3v) is 4.58. The molecular weight excluding hydrogens is 266 g/mol. The predicted molar refractivity (Wildman–Crippen MR) is 74.1 cm³/mol. The summed E-state index contributed by atoms with van der Waals surface area (Å²) in [5, 5.41) is 17.6. The van der Waals surface area contributed by atoms with Gasteiger partial charge in [-0.25, -0.2) is 13.6 Å². The number of aliphatic hydroxyl groups is 1. The van der Waals surface area contributed by atoms with Gasteiger partial charge in [-0.1, -0.05) is 12.5 Å². The number of benzene rings is 1. The first-order valence-corrected chi connectivity index (χ1v) is 7.77. The monoisotopic (exact) mass is 285 g/mol. The molecule has 0 heterocycles. The van der Waals surface area contributed by atoms with Gasteiger partial charge >= 0.3 is 0 Å². The highest BCUT2D eigenvalue weighted by molar-refractivity contribution is 7.89. The standard InChI is InChI=1S/C12H19N3O3S/c13-12-10(5-2-6-11(12)19(14,17)18)15-9-4-1-3-8(9)7-16/h2,5-6,8-9,15-16H,1,3-4,7,13H2,(H2,14,17,18). The predicted octanol–water partition coefficient (Wildman–Crippen LogP) is 0.489. The molecule has 19 heavy (non-hydrogen) atoms. The molecule has 1 aromatic rings. The van der Waals surface area contributed by atoms with E-state index in [9.17, 15) is 13.5 Å². The fraction of sp³-hybridized carbons (Fsp3) is 0.500. The molecule has 7 heteroatoms. The van der Waals surface area contributed by atoms with E-state index >= 15 is 0 Å². The second-order valence-corrected chi connectivity index (χ2v) is 6.42. The second-order valence-electron chi connectivity index (χ2n) is 4.89. The van der Waals surface area contributed by atoms with Crippen molar-refractivity contribution < 1.29 is 13.5 Å². The number of primary sulfonamides is 1. The summed E-state index contributed by atoms with van der Waals surface area (Å²) in [5.74, 6) is 0.178. The normalized spacial score (nSPS) is 23.5. The quantitative estimate of drug-likeness (QED) is 0.600. The van der Waals surface area contributed by atoms with Gasteiger partial charge < -0.3 is 16.2 Å². The Morgan fingerprint density at radius 1 is 1.37 bits per heavy atom. The first kappa shape index (κ1) is 14.1. The maximum Gasteiger partial charge on any atom is 0.240 e. The first-order valence-electron chi connectivity index (χ1n) is 6.22. The van der Waals surface area contributed by atoms with Crippen LogP contribution >= 0.6 is 0 Å². The lowest BCUT2D eigenvalue weighted by Crippen LogP contribution is -2.27. The van der Waals surface area contributed by atoms with E-state index in [0.717, 1.165) is 19.3 Å². The van der Waals surface area contributed by atoms with E-state index < -0.39 is 10.0 Å². The molecule has 0 bridgehead atoms. The highest BCUT2D eigenvalue weighted by Crippen LogP contribution is 2.32. The minimum atomic E-state index is -3.82. The van der Waals surface area contributed by atoms with Crippen molar-refractivity contribution in [2.75, 3.05) is 17.7 Å². The SMILES string of the molecule is Nc1c(NC2CCCC2CO)cccc1S(N)(=O)=O. The van der Waals surface area contributed by atoms with Crippen LogP contribution < -0.4 is 16.2 Å². The summed E-state index contributed by atoms with van der Waals surface area (Å²) in [7, 11) is -3.82. The molecule has 0 saturated heterocycles. The van der Waals surface area contributed by atoms with E-state index in [1.165, 1.54) is 6.07 Å². The Labute approximate surface area is 112 Å². The van der Waals surface area contributed by atoms with Crippen LogP contribution in [0.15, 0.2) is 23.1 Å². The molecule has 0 radical (unpaired) electrons. The van der Waals surface area contributed by atoms with Crippen molar-refractivity contribution in [3.05, 3.63) is 18.2 Å². The van der Waals surface area contributed by atoms with Crippen LogP contribution in [0.4, 0.5) is 11.4 Å². The van der Waals surface area contributed by atoms with E-state index in [1.807, 2.05) is 0 Å². The first-order chi connectivity index (χ1) is 8.93. The zero-order valence-electron chi connectivity index (χ0n) is 10.5. The number of aliphatic hydroxyl groups excluding tert-OH is 1. The van der Waals surface area contributed by atoms with Gasteiger partial charge in [-0.3, -0.25) is 0 Å². The maximum atomic E-state index is 11.4. The van der Waals surface area contributed by atoms with Gasteiger partial charge in [0, 0.05) is 18.6 Å². The summed E-state index contributed by atoms with van der Waals surface area (Å²) in [6.45, 7) is 0.118. The van der Waals surface area contributed by atoms with Gasteiger partial charge in [0.2, 0.25) is 10.0 Å². The molecule has 2 rings (SSSR count). The largest absolute Gasteiger partial charge is 0.396 e. The molecule has 6 nitrogen and oxygen atoms in total. The number of sulfonamides is 1. The van der Waals surface area contributed by atoms with E-state index in [4.69, 9.17) is 10.9 Å². The summed E-state index contributed by atoms with van der Waals surface area (Å²) in [6, 6.07) is 4.81. The molecule has 1 fully saturated rings. The van der Waals surface area contributed by atoms with E-state index in [0.29, 0.717) is 5.69 Å². The number of para-hydroxylation sites is 1. The fourth-order valence-electron chi connectivity index (χ4n) is 2.56. The lowest BCUT2D eigenvalue weighted by atomic mass is 10.0. The molecule has 0 amide bonds. The van der Waals surface area contributed by atoms with Gasteiger partial charge in [0.05, 0.1) is 11.4 Å². The van der Waals surface area contributed by atoms with Crippen molar-refractivity contribution in [3.8, 4) is 0 Å². The van der Waals surface area contributed by atoms with E-state index in [1.54, 1.807) is 12.1 Å². The van der Waals surface area contributed by atoms with Gasteiger partial charge in [-0.05, 0) is 25.0 Å². The molecule has 0 spiro atoms. The molecule has 1 aliphatic carbocycles. The Balaban J connectivity index is 2.27. The summed E-state index contributed by atoms with van der Waals surface area (Å²) < 4.78 is 22.8. The average Bonchev–Trinajstić information content (AvgIpc) is 2.77. The number of hydrogen-bond donors (Lipinski definition) is 4. The number of nitrogens with two attached hydrogens (primary N) is 2. The van der Waals surface area contributed by atoms with Crippen LogP contribution in [0.5, 0.6) is 0 Å². The average molecular weight is 285 g/mol. The topological polar surface area (TPSA) is 118 Å². The number of anilines is 2. The van der Waals surface area contributed by atoms with Crippen LogP contribution in [0.1, 0.15) is 19.3 Å². The Bertz CT molecular complexity index is 559. The third kappa shape index (κ3) is 2.99. The number of nitrogen functional groups attached to an aromatic ring is 1. The Morgan fingerprint density at radius 3 is 2.74 bits per heavy atom. The smallest absolute Gasteiger partial charge is 0.240 e. The Kier molecular flexibility index (Phi) is 3.98. The summed E-state index contributed by atoms with van der Waals surface area (Å²) in [4.78, 5) is -0.0731. The van der Waals surface area contributed by atoms with Crippen molar-refractivity contribution in [1.29, 1.82) is 0 Å². The summed E-state index contributed by atoms with van der Waals surface area (Å²) >= 11 is 0. The van der Waals surface area contributed by atoms with Crippen LogP contribution in [0.2, 0.25) is 0 Å². The van der Waals surface area contributed by atoms with E-state index in [-0.39, 0.29) is 29.1 Å². The Hall–Kier alpha value is -1.31. The lowest BCUT2D eigenvalue weighted by Gasteiger charge is -2.22. The van der Waals surface area contributed by atoms with Crippen molar-refractivity contribution in [1.82, 2.24) is 0 Å². The summed E-state index contributed by atoms with van der Waals surface area (Å²) in [5.41, 5.74) is 6.54. The molecule has 0 aliphatic heterocycles. The van der Waals surface area contributed by atoms with Crippen molar-refractivity contribution >= 4 is 21.4 Å². The lowest BCUT2D eigenvalue weighted by molar-refractivity contribution is 0.222. The molecule has 0 aromatic heterocycles. The van der Waals surface area contributed by atoms with Gasteiger partial charge in [0.15, 0.2) is 0 Å². The van der Waals surface area contributed by atoms with Crippen molar-refractivity contribution in [2.45, 2.75) is 30.2 Å². The highest BCUT2D eigenvalue weighted by atomic mass is 32.2. The minimum absolute atomic E-state index is 0.0731. The fourth-order valence-corrected chi connectivity index (χ4v) is 3.25. The molecule has 6 N–H and O–H groups in total. The van der Waals surface area contributed by atoms with Crippen LogP contribution in [-0.4, -0.2) is 26.2 Å². The zero-order valence-corrected chi connectivity index (χ0v) is 11.4. The van der Waals surface area contributed by atoms with E-state index in [2.05, 4.69) is 5.32 Å². The maximum absolute atomic E-state index is 11.4. The van der Waals surface area contributed by atoms with Crippen molar-refractivity contribution in [2.24, 2.45) is 11.1 Å². The molecule has 1 saturated carbocycles. The van der Waals surface area contributed by atoms with Crippen molar-refractivity contribution in [3.63, 3.8) is 0 Å².